The highest BCUT2D eigenvalue weighted by Gasteiger charge is 2.12. The molecule has 0 radical (unpaired) electrons. The number of halogens is 3. The molecule has 0 fully saturated rings. The number of alkyl halides is 1. The first-order valence-corrected chi connectivity index (χ1v) is 6.81. The molecule has 0 saturated carbocycles. The SMILES string of the molecule is O=C(NCC(Cl)c1ccccc1)c1ccc(F)c(Cl)c1. The highest BCUT2D eigenvalue weighted by molar-refractivity contribution is 6.31. The summed E-state index contributed by atoms with van der Waals surface area (Å²) in [5.41, 5.74) is 1.22. The van der Waals surface area contributed by atoms with Crippen molar-refractivity contribution in [2.45, 2.75) is 5.38 Å². The smallest absolute Gasteiger partial charge is 0.251 e. The Hall–Kier alpha value is -1.58. The molecule has 0 bridgehead atoms. The Labute approximate surface area is 126 Å². The third-order valence-electron chi connectivity index (χ3n) is 2.78. The van der Waals surface area contributed by atoms with Crippen molar-refractivity contribution in [1.29, 1.82) is 0 Å². The Morgan fingerprint density at radius 3 is 2.55 bits per heavy atom. The van der Waals surface area contributed by atoms with E-state index in [9.17, 15) is 9.18 Å². The van der Waals surface area contributed by atoms with Gasteiger partial charge in [0.1, 0.15) is 5.82 Å². The summed E-state index contributed by atoms with van der Waals surface area (Å²) in [5, 5.41) is 2.29. The lowest BCUT2D eigenvalue weighted by Gasteiger charge is -2.11. The lowest BCUT2D eigenvalue weighted by atomic mass is 10.1. The molecule has 0 spiro atoms. The summed E-state index contributed by atoms with van der Waals surface area (Å²) < 4.78 is 13.0. The van der Waals surface area contributed by atoms with Gasteiger partial charge in [-0.2, -0.15) is 0 Å². The fourth-order valence-electron chi connectivity index (χ4n) is 1.70. The van der Waals surface area contributed by atoms with Gasteiger partial charge in [-0.3, -0.25) is 4.79 Å². The Bertz CT molecular complexity index is 604. The van der Waals surface area contributed by atoms with E-state index in [4.69, 9.17) is 23.2 Å². The Kier molecular flexibility index (Phi) is 4.99. The molecule has 104 valence electrons. The van der Waals surface area contributed by atoms with Gasteiger partial charge in [0.15, 0.2) is 0 Å². The molecule has 0 aliphatic heterocycles. The van der Waals surface area contributed by atoms with Crippen LogP contribution in [0, 0.1) is 5.82 Å². The predicted octanol–water partition coefficient (Wildman–Crippen LogP) is 4.19. The summed E-state index contributed by atoms with van der Waals surface area (Å²) in [6.07, 6.45) is 0. The minimum atomic E-state index is -0.553. The monoisotopic (exact) mass is 311 g/mol. The molecule has 0 aliphatic rings. The second-order valence-electron chi connectivity index (χ2n) is 4.22. The summed E-state index contributed by atoms with van der Waals surface area (Å²) in [4.78, 5) is 11.9. The minimum Gasteiger partial charge on any atom is -0.350 e. The van der Waals surface area contributed by atoms with Crippen LogP contribution in [0.15, 0.2) is 48.5 Å². The van der Waals surface area contributed by atoms with Crippen LogP contribution < -0.4 is 5.32 Å². The number of carbonyl (C=O) groups excluding carboxylic acids is 1. The molecule has 1 unspecified atom stereocenters. The van der Waals surface area contributed by atoms with Crippen LogP contribution in [0.2, 0.25) is 5.02 Å². The first-order valence-electron chi connectivity index (χ1n) is 6.00. The van der Waals surface area contributed by atoms with Gasteiger partial charge in [-0.15, -0.1) is 11.6 Å². The molecule has 1 N–H and O–H groups in total. The van der Waals surface area contributed by atoms with Crippen molar-refractivity contribution in [1.82, 2.24) is 5.32 Å². The van der Waals surface area contributed by atoms with Gasteiger partial charge in [0.2, 0.25) is 0 Å². The standard InChI is InChI=1S/C15H12Cl2FNO/c16-12-8-11(6-7-14(12)18)15(20)19-9-13(17)10-4-2-1-3-5-10/h1-8,13H,9H2,(H,19,20). The molecular formula is C15H12Cl2FNO. The van der Waals surface area contributed by atoms with Crippen molar-refractivity contribution in [2.75, 3.05) is 6.54 Å². The molecule has 0 aromatic heterocycles. The average Bonchev–Trinajstić information content (AvgIpc) is 2.48. The number of amides is 1. The van der Waals surface area contributed by atoms with Crippen LogP contribution >= 0.6 is 23.2 Å². The van der Waals surface area contributed by atoms with Crippen LogP contribution in [0.5, 0.6) is 0 Å². The van der Waals surface area contributed by atoms with Crippen LogP contribution in [0.1, 0.15) is 21.3 Å². The summed E-state index contributed by atoms with van der Waals surface area (Å²) in [7, 11) is 0. The van der Waals surface area contributed by atoms with E-state index in [1.54, 1.807) is 0 Å². The maximum absolute atomic E-state index is 13.0. The molecule has 0 aliphatic carbocycles. The molecular weight excluding hydrogens is 300 g/mol. The third-order valence-corrected chi connectivity index (χ3v) is 3.48. The number of hydrogen-bond acceptors (Lipinski definition) is 1. The van der Waals surface area contributed by atoms with E-state index in [0.29, 0.717) is 5.56 Å². The maximum atomic E-state index is 13.0. The van der Waals surface area contributed by atoms with Gasteiger partial charge in [-0.05, 0) is 23.8 Å². The van der Waals surface area contributed by atoms with Gasteiger partial charge >= 0.3 is 0 Å². The highest BCUT2D eigenvalue weighted by Crippen LogP contribution is 2.19. The summed E-state index contributed by atoms with van der Waals surface area (Å²) >= 11 is 11.8. The number of nitrogens with one attached hydrogen (secondary N) is 1. The number of benzene rings is 2. The minimum absolute atomic E-state index is 0.0804. The Morgan fingerprint density at radius 1 is 1.20 bits per heavy atom. The van der Waals surface area contributed by atoms with Gasteiger partial charge in [0.05, 0.1) is 10.4 Å². The second kappa shape index (κ2) is 6.73. The molecule has 2 rings (SSSR count). The molecule has 2 nitrogen and oxygen atoms in total. The van der Waals surface area contributed by atoms with Gasteiger partial charge in [-0.1, -0.05) is 41.9 Å². The molecule has 0 heterocycles. The largest absolute Gasteiger partial charge is 0.350 e. The topological polar surface area (TPSA) is 29.1 Å². The molecule has 1 amide bonds. The quantitative estimate of drug-likeness (QED) is 0.843. The van der Waals surface area contributed by atoms with E-state index < -0.39 is 5.82 Å². The first-order chi connectivity index (χ1) is 9.58. The molecule has 20 heavy (non-hydrogen) atoms. The fourth-order valence-corrected chi connectivity index (χ4v) is 2.10. The highest BCUT2D eigenvalue weighted by atomic mass is 35.5. The number of rotatable bonds is 4. The summed E-state index contributed by atoms with van der Waals surface area (Å²) in [6.45, 7) is 0.277. The van der Waals surface area contributed by atoms with E-state index in [2.05, 4.69) is 5.32 Å². The normalized spacial score (nSPS) is 11.9. The van der Waals surface area contributed by atoms with Crippen LogP contribution in [0.25, 0.3) is 0 Å². The molecule has 5 heteroatoms. The molecule has 2 aromatic rings. The van der Waals surface area contributed by atoms with E-state index in [-0.39, 0.29) is 22.9 Å². The van der Waals surface area contributed by atoms with Crippen LogP contribution in [0.4, 0.5) is 4.39 Å². The number of hydrogen-bond donors (Lipinski definition) is 1. The average molecular weight is 312 g/mol. The summed E-state index contributed by atoms with van der Waals surface area (Å²) in [5.74, 6) is -0.892. The van der Waals surface area contributed by atoms with E-state index in [0.717, 1.165) is 11.6 Å². The lowest BCUT2D eigenvalue weighted by Crippen LogP contribution is -2.26. The van der Waals surface area contributed by atoms with E-state index >= 15 is 0 Å². The van der Waals surface area contributed by atoms with E-state index in [1.165, 1.54) is 12.1 Å². The van der Waals surface area contributed by atoms with Crippen LogP contribution in [-0.4, -0.2) is 12.5 Å². The van der Waals surface area contributed by atoms with Gasteiger partial charge in [-0.25, -0.2) is 4.39 Å². The van der Waals surface area contributed by atoms with Crippen molar-refractivity contribution in [3.8, 4) is 0 Å². The molecule has 1 atom stereocenters. The van der Waals surface area contributed by atoms with Crippen molar-refractivity contribution < 1.29 is 9.18 Å². The van der Waals surface area contributed by atoms with Gasteiger partial charge in [0.25, 0.3) is 5.91 Å². The maximum Gasteiger partial charge on any atom is 0.251 e. The third kappa shape index (κ3) is 3.71. The second-order valence-corrected chi connectivity index (χ2v) is 5.15. The Morgan fingerprint density at radius 2 is 1.90 bits per heavy atom. The lowest BCUT2D eigenvalue weighted by molar-refractivity contribution is 0.0953. The fraction of sp³-hybridized carbons (Fsp3) is 0.133. The summed E-state index contributed by atoms with van der Waals surface area (Å²) in [6, 6.07) is 13.3. The zero-order chi connectivity index (χ0) is 14.5. The van der Waals surface area contributed by atoms with Gasteiger partial charge in [0, 0.05) is 12.1 Å². The zero-order valence-electron chi connectivity index (χ0n) is 10.4. The van der Waals surface area contributed by atoms with Crippen LogP contribution in [-0.2, 0) is 0 Å². The molecule has 0 saturated heterocycles. The molecule has 2 aromatic carbocycles. The van der Waals surface area contributed by atoms with Crippen molar-refractivity contribution >= 4 is 29.1 Å². The van der Waals surface area contributed by atoms with Crippen molar-refractivity contribution in [3.05, 3.63) is 70.5 Å². The Balaban J connectivity index is 1.97. The van der Waals surface area contributed by atoms with Crippen molar-refractivity contribution in [2.24, 2.45) is 0 Å². The van der Waals surface area contributed by atoms with E-state index in [1.807, 2.05) is 30.3 Å². The predicted molar refractivity (Wildman–Crippen MR) is 78.8 cm³/mol. The van der Waals surface area contributed by atoms with Crippen molar-refractivity contribution in [3.63, 3.8) is 0 Å². The first kappa shape index (κ1) is 14.8. The van der Waals surface area contributed by atoms with Crippen LogP contribution in [0.3, 0.4) is 0 Å². The zero-order valence-corrected chi connectivity index (χ0v) is 12.0. The number of carbonyl (C=O) groups is 1. The van der Waals surface area contributed by atoms with Gasteiger partial charge < -0.3 is 5.32 Å².